The van der Waals surface area contributed by atoms with E-state index in [2.05, 4.69) is 4.72 Å². The third-order valence-electron chi connectivity index (χ3n) is 3.43. The summed E-state index contributed by atoms with van der Waals surface area (Å²) in [5.74, 6) is -0.648. The number of nitrogens with one attached hydrogen (secondary N) is 1. The van der Waals surface area contributed by atoms with Crippen LogP contribution in [0.1, 0.15) is 24.5 Å². The van der Waals surface area contributed by atoms with Crippen molar-refractivity contribution in [3.8, 4) is 0 Å². The van der Waals surface area contributed by atoms with Crippen molar-refractivity contribution in [2.75, 3.05) is 13.2 Å². The van der Waals surface area contributed by atoms with Crippen LogP contribution < -0.4 is 4.72 Å². The molecule has 2 rings (SSSR count). The molecule has 0 aromatic heterocycles. The van der Waals surface area contributed by atoms with Gasteiger partial charge in [-0.25, -0.2) is 17.5 Å². The lowest BCUT2D eigenvalue weighted by molar-refractivity contribution is 0.178. The summed E-state index contributed by atoms with van der Waals surface area (Å²) in [6.07, 6.45) is 0.563. The Hall–Kier alpha value is -1.02. The fourth-order valence-electron chi connectivity index (χ4n) is 2.20. The molecule has 1 unspecified atom stereocenters. The Bertz CT molecular complexity index is 609. The van der Waals surface area contributed by atoms with E-state index < -0.39 is 28.0 Å². The summed E-state index contributed by atoms with van der Waals surface area (Å²) in [6.45, 7) is 3.51. The molecule has 1 aliphatic heterocycles. The SMILES string of the molecule is Cc1c(F)cc(CO)cc1S(=O)(=O)NC1(C)CCOC1. The quantitative estimate of drug-likeness (QED) is 0.873. The van der Waals surface area contributed by atoms with E-state index >= 15 is 0 Å². The van der Waals surface area contributed by atoms with Crippen LogP contribution in [0.25, 0.3) is 0 Å². The molecule has 1 atom stereocenters. The molecule has 1 fully saturated rings. The van der Waals surface area contributed by atoms with Crippen molar-refractivity contribution >= 4 is 10.0 Å². The zero-order chi connectivity index (χ0) is 15.0. The molecule has 1 saturated heterocycles. The smallest absolute Gasteiger partial charge is 0.241 e. The topological polar surface area (TPSA) is 75.6 Å². The van der Waals surface area contributed by atoms with Gasteiger partial charge in [-0.3, -0.25) is 0 Å². The summed E-state index contributed by atoms with van der Waals surface area (Å²) in [5.41, 5.74) is -0.421. The third kappa shape index (κ3) is 3.01. The second kappa shape index (κ2) is 5.40. The van der Waals surface area contributed by atoms with Crippen molar-refractivity contribution in [3.63, 3.8) is 0 Å². The summed E-state index contributed by atoms with van der Waals surface area (Å²) < 4.78 is 46.3. The Morgan fingerprint density at radius 3 is 2.75 bits per heavy atom. The van der Waals surface area contributed by atoms with Gasteiger partial charge in [0.05, 0.1) is 23.6 Å². The van der Waals surface area contributed by atoms with Gasteiger partial charge in [-0.2, -0.15) is 0 Å². The van der Waals surface area contributed by atoms with Crippen molar-refractivity contribution in [2.45, 2.75) is 37.3 Å². The summed E-state index contributed by atoms with van der Waals surface area (Å²) in [4.78, 5) is -0.144. The van der Waals surface area contributed by atoms with Crippen LogP contribution in [0.15, 0.2) is 17.0 Å². The minimum absolute atomic E-state index is 0.0391. The van der Waals surface area contributed by atoms with Crippen LogP contribution in [-0.4, -0.2) is 32.3 Å². The molecule has 0 bridgehead atoms. The summed E-state index contributed by atoms with van der Waals surface area (Å²) in [6, 6.07) is 2.43. The molecular weight excluding hydrogens is 285 g/mol. The lowest BCUT2D eigenvalue weighted by atomic mass is 10.0. The average molecular weight is 303 g/mol. The highest BCUT2D eigenvalue weighted by molar-refractivity contribution is 7.89. The van der Waals surface area contributed by atoms with Gasteiger partial charge in [0, 0.05) is 12.2 Å². The van der Waals surface area contributed by atoms with E-state index in [1.54, 1.807) is 6.92 Å². The number of aliphatic hydroxyl groups excluding tert-OH is 1. The van der Waals surface area contributed by atoms with Gasteiger partial charge < -0.3 is 9.84 Å². The van der Waals surface area contributed by atoms with Crippen LogP contribution >= 0.6 is 0 Å². The van der Waals surface area contributed by atoms with Gasteiger partial charge >= 0.3 is 0 Å². The lowest BCUT2D eigenvalue weighted by Crippen LogP contribution is -2.46. The normalized spacial score (nSPS) is 23.2. The van der Waals surface area contributed by atoms with Gasteiger partial charge in [0.25, 0.3) is 0 Å². The van der Waals surface area contributed by atoms with Gasteiger partial charge in [0.2, 0.25) is 10.0 Å². The Morgan fingerprint density at radius 1 is 1.50 bits per heavy atom. The van der Waals surface area contributed by atoms with E-state index in [-0.39, 0.29) is 22.6 Å². The molecule has 0 radical (unpaired) electrons. The first kappa shape index (κ1) is 15.4. The summed E-state index contributed by atoms with van der Waals surface area (Å²) in [5, 5.41) is 9.08. The van der Waals surface area contributed by atoms with Crippen molar-refractivity contribution < 1.29 is 22.7 Å². The van der Waals surface area contributed by atoms with Crippen LogP contribution in [0, 0.1) is 12.7 Å². The molecule has 1 aromatic carbocycles. The Balaban J connectivity index is 2.41. The zero-order valence-electron chi connectivity index (χ0n) is 11.4. The van der Waals surface area contributed by atoms with Crippen LogP contribution in [0.2, 0.25) is 0 Å². The van der Waals surface area contributed by atoms with Gasteiger partial charge in [-0.05, 0) is 38.0 Å². The molecular formula is C13H18FNO4S. The largest absolute Gasteiger partial charge is 0.392 e. The van der Waals surface area contributed by atoms with Crippen molar-refractivity contribution in [3.05, 3.63) is 29.1 Å². The molecule has 5 nitrogen and oxygen atoms in total. The molecule has 0 amide bonds. The standard InChI is InChI=1S/C13H18FNO4S/c1-9-11(14)5-10(7-16)6-12(9)20(17,18)15-13(2)3-4-19-8-13/h5-6,15-16H,3-4,7-8H2,1-2H3. The highest BCUT2D eigenvalue weighted by atomic mass is 32.2. The first-order chi connectivity index (χ1) is 9.27. The zero-order valence-corrected chi connectivity index (χ0v) is 12.3. The van der Waals surface area contributed by atoms with Crippen molar-refractivity contribution in [1.29, 1.82) is 0 Å². The molecule has 1 aromatic rings. The van der Waals surface area contributed by atoms with E-state index in [0.717, 1.165) is 6.07 Å². The number of aliphatic hydroxyl groups is 1. The Labute approximate surface area is 117 Å². The highest BCUT2D eigenvalue weighted by Crippen LogP contribution is 2.25. The molecule has 2 N–H and O–H groups in total. The molecule has 20 heavy (non-hydrogen) atoms. The molecule has 1 aliphatic rings. The van der Waals surface area contributed by atoms with E-state index in [1.165, 1.54) is 13.0 Å². The fourth-order valence-corrected chi connectivity index (χ4v) is 3.93. The molecule has 7 heteroatoms. The number of benzene rings is 1. The van der Waals surface area contributed by atoms with E-state index in [4.69, 9.17) is 9.84 Å². The Kier molecular flexibility index (Phi) is 4.15. The fraction of sp³-hybridized carbons (Fsp3) is 0.538. The maximum absolute atomic E-state index is 13.7. The molecule has 0 spiro atoms. The predicted octanol–water partition coefficient (Wildman–Crippen LogP) is 1.08. The van der Waals surface area contributed by atoms with Gasteiger partial charge in [-0.15, -0.1) is 0 Å². The monoisotopic (exact) mass is 303 g/mol. The van der Waals surface area contributed by atoms with E-state index in [9.17, 15) is 12.8 Å². The first-order valence-corrected chi connectivity index (χ1v) is 7.77. The van der Waals surface area contributed by atoms with E-state index in [0.29, 0.717) is 13.0 Å². The molecule has 0 aliphatic carbocycles. The van der Waals surface area contributed by atoms with Crippen LogP contribution in [0.4, 0.5) is 4.39 Å². The van der Waals surface area contributed by atoms with E-state index in [1.807, 2.05) is 0 Å². The minimum Gasteiger partial charge on any atom is -0.392 e. The van der Waals surface area contributed by atoms with Gasteiger partial charge in [-0.1, -0.05) is 0 Å². The second-order valence-electron chi connectivity index (χ2n) is 5.33. The highest BCUT2D eigenvalue weighted by Gasteiger charge is 2.35. The number of ether oxygens (including phenoxy) is 1. The average Bonchev–Trinajstić information content (AvgIpc) is 2.77. The molecule has 0 saturated carbocycles. The number of sulfonamides is 1. The van der Waals surface area contributed by atoms with Crippen LogP contribution in [0.5, 0.6) is 0 Å². The summed E-state index contributed by atoms with van der Waals surface area (Å²) >= 11 is 0. The maximum Gasteiger partial charge on any atom is 0.241 e. The number of halogens is 1. The predicted molar refractivity (Wildman–Crippen MR) is 71.2 cm³/mol. The molecule has 1 heterocycles. The van der Waals surface area contributed by atoms with Gasteiger partial charge in [0.15, 0.2) is 0 Å². The number of hydrogen-bond donors (Lipinski definition) is 2. The summed E-state index contributed by atoms with van der Waals surface area (Å²) in [7, 11) is -3.87. The maximum atomic E-state index is 13.7. The number of hydrogen-bond acceptors (Lipinski definition) is 4. The van der Waals surface area contributed by atoms with Crippen molar-refractivity contribution in [2.24, 2.45) is 0 Å². The van der Waals surface area contributed by atoms with Crippen molar-refractivity contribution in [1.82, 2.24) is 4.72 Å². The third-order valence-corrected chi connectivity index (χ3v) is 5.19. The second-order valence-corrected chi connectivity index (χ2v) is 6.98. The lowest BCUT2D eigenvalue weighted by Gasteiger charge is -2.24. The molecule has 112 valence electrons. The number of rotatable bonds is 4. The minimum atomic E-state index is -3.87. The van der Waals surface area contributed by atoms with Crippen LogP contribution in [-0.2, 0) is 21.4 Å². The Morgan fingerprint density at radius 2 is 2.20 bits per heavy atom. The first-order valence-electron chi connectivity index (χ1n) is 6.29. The van der Waals surface area contributed by atoms with Gasteiger partial charge in [0.1, 0.15) is 5.82 Å². The van der Waals surface area contributed by atoms with Crippen LogP contribution in [0.3, 0.4) is 0 Å².